The first-order valence-electron chi connectivity index (χ1n) is 7.44. The normalized spacial score (nSPS) is 10.7. The van der Waals surface area contributed by atoms with E-state index in [1.807, 2.05) is 35.8 Å². The van der Waals surface area contributed by atoms with Gasteiger partial charge in [-0.1, -0.05) is 24.0 Å². The predicted molar refractivity (Wildman–Crippen MR) is 93.0 cm³/mol. The molecule has 2 N–H and O–H groups in total. The highest BCUT2D eigenvalue weighted by atomic mass is 32.1. The van der Waals surface area contributed by atoms with Crippen molar-refractivity contribution in [2.45, 2.75) is 6.42 Å². The number of carbonyl (C=O) groups excluding carboxylic acids is 1. The second kappa shape index (κ2) is 6.18. The van der Waals surface area contributed by atoms with E-state index in [0.29, 0.717) is 18.8 Å². The summed E-state index contributed by atoms with van der Waals surface area (Å²) in [5.41, 5.74) is 2.54. The quantitative estimate of drug-likeness (QED) is 0.446. The van der Waals surface area contributed by atoms with Gasteiger partial charge in [-0.25, -0.2) is 9.50 Å². The number of H-pyrrole nitrogens is 1. The van der Waals surface area contributed by atoms with Crippen molar-refractivity contribution in [3.05, 3.63) is 53.4 Å². The largest absolute Gasteiger partial charge is 0.348 e. The van der Waals surface area contributed by atoms with E-state index in [-0.39, 0.29) is 5.91 Å². The summed E-state index contributed by atoms with van der Waals surface area (Å²) in [6.07, 6.45) is 4.22. The Balaban J connectivity index is 1.35. The molecule has 3 heterocycles. The molecule has 0 unspecified atom stereocenters. The zero-order valence-corrected chi connectivity index (χ0v) is 13.4. The van der Waals surface area contributed by atoms with Crippen LogP contribution in [0.4, 0.5) is 0 Å². The minimum atomic E-state index is -0.223. The Bertz CT molecular complexity index is 1050. The number of fused-ring (bicyclic) bond motifs is 2. The molecule has 24 heavy (non-hydrogen) atoms. The van der Waals surface area contributed by atoms with E-state index < -0.39 is 0 Å². The molecule has 6 nitrogen and oxygen atoms in total. The molecule has 1 aromatic carbocycles. The third-order valence-electron chi connectivity index (χ3n) is 3.49. The average Bonchev–Trinajstić information content (AvgIpc) is 3.30. The summed E-state index contributed by atoms with van der Waals surface area (Å²) < 4.78 is 1.80. The van der Waals surface area contributed by atoms with Crippen LogP contribution in [-0.2, 0) is 0 Å². The Morgan fingerprint density at radius 1 is 1.38 bits per heavy atom. The van der Waals surface area contributed by atoms with E-state index in [1.165, 1.54) is 0 Å². The van der Waals surface area contributed by atoms with Crippen LogP contribution in [0.3, 0.4) is 0 Å². The number of aromatic nitrogens is 4. The highest BCUT2D eigenvalue weighted by Crippen LogP contribution is 2.15. The lowest BCUT2D eigenvalue weighted by Gasteiger charge is -1.98. The molecular weight excluding hydrogens is 322 g/mol. The molecule has 0 spiro atoms. The maximum absolute atomic E-state index is 12.1. The van der Waals surface area contributed by atoms with Gasteiger partial charge in [0, 0.05) is 24.5 Å². The van der Waals surface area contributed by atoms with Gasteiger partial charge < -0.3 is 10.3 Å². The first-order valence-corrected chi connectivity index (χ1v) is 8.32. The Morgan fingerprint density at radius 2 is 2.29 bits per heavy atom. The maximum Gasteiger partial charge on any atom is 0.287 e. The Hall–Kier alpha value is -3.11. The molecule has 0 aliphatic rings. The molecule has 3 aromatic heterocycles. The zero-order valence-electron chi connectivity index (χ0n) is 12.6. The number of benzene rings is 1. The number of hydrogen-bond acceptors (Lipinski definition) is 4. The van der Waals surface area contributed by atoms with E-state index in [2.05, 4.69) is 32.2 Å². The van der Waals surface area contributed by atoms with Gasteiger partial charge in [0.15, 0.2) is 5.82 Å². The van der Waals surface area contributed by atoms with Crippen molar-refractivity contribution in [2.75, 3.05) is 6.54 Å². The number of amides is 1. The van der Waals surface area contributed by atoms with Crippen molar-refractivity contribution in [2.24, 2.45) is 0 Å². The molecule has 1 amide bonds. The summed E-state index contributed by atoms with van der Waals surface area (Å²) in [5, 5.41) is 9.00. The van der Waals surface area contributed by atoms with Crippen molar-refractivity contribution in [1.29, 1.82) is 0 Å². The Labute approximate surface area is 141 Å². The van der Waals surface area contributed by atoms with Gasteiger partial charge in [-0.05, 0) is 12.1 Å². The second-order valence-corrected chi connectivity index (χ2v) is 6.02. The molecule has 4 rings (SSSR count). The van der Waals surface area contributed by atoms with E-state index in [1.54, 1.807) is 22.0 Å². The molecule has 0 saturated heterocycles. The fourth-order valence-corrected chi connectivity index (χ4v) is 3.11. The molecule has 0 aliphatic heterocycles. The van der Waals surface area contributed by atoms with Crippen LogP contribution in [0.15, 0.2) is 42.0 Å². The van der Waals surface area contributed by atoms with Crippen LogP contribution >= 0.6 is 11.3 Å². The summed E-state index contributed by atoms with van der Waals surface area (Å²) >= 11 is 1.60. The van der Waals surface area contributed by atoms with E-state index in [4.69, 9.17) is 0 Å². The van der Waals surface area contributed by atoms with Gasteiger partial charge >= 0.3 is 0 Å². The molecule has 0 saturated carbocycles. The third kappa shape index (κ3) is 2.75. The van der Waals surface area contributed by atoms with Gasteiger partial charge in [0.25, 0.3) is 5.91 Å². The van der Waals surface area contributed by atoms with Crippen molar-refractivity contribution >= 4 is 33.1 Å². The van der Waals surface area contributed by atoms with Gasteiger partial charge in [0.1, 0.15) is 4.83 Å². The molecule has 7 heteroatoms. The minimum Gasteiger partial charge on any atom is -0.348 e. The van der Waals surface area contributed by atoms with Crippen LogP contribution in [0.25, 0.3) is 15.9 Å². The van der Waals surface area contributed by atoms with Crippen LogP contribution in [0.2, 0.25) is 0 Å². The molecule has 0 atom stereocenters. The summed E-state index contributed by atoms with van der Waals surface area (Å²) in [6.45, 7) is 0.470. The monoisotopic (exact) mass is 335 g/mol. The number of thiazole rings is 1. The molecule has 0 aliphatic carbocycles. The van der Waals surface area contributed by atoms with Gasteiger partial charge in [-0.2, -0.15) is 5.10 Å². The van der Waals surface area contributed by atoms with Crippen LogP contribution in [0, 0.1) is 11.8 Å². The van der Waals surface area contributed by atoms with Gasteiger partial charge in [0.2, 0.25) is 0 Å². The first-order chi connectivity index (χ1) is 11.8. The van der Waals surface area contributed by atoms with E-state index in [0.717, 1.165) is 21.4 Å². The Kier molecular flexibility index (Phi) is 3.73. The number of nitrogens with zero attached hydrogens (tertiary/aromatic N) is 3. The molecule has 0 bridgehead atoms. The second-order valence-electron chi connectivity index (χ2n) is 5.12. The SMILES string of the molecule is O=C(NCCC#Cc1cnn2ccsc12)c1nc2ccccc2[nH]1. The fraction of sp³-hybridized carbons (Fsp3) is 0.118. The number of rotatable bonds is 3. The highest BCUT2D eigenvalue weighted by molar-refractivity contribution is 7.15. The predicted octanol–water partition coefficient (Wildman–Crippen LogP) is 2.44. The number of carbonyl (C=O) groups is 1. The summed E-state index contributed by atoms with van der Waals surface area (Å²) in [6, 6.07) is 7.55. The molecular formula is C17H13N5OS. The van der Waals surface area contributed by atoms with Gasteiger partial charge in [0.05, 0.1) is 22.8 Å². The lowest BCUT2D eigenvalue weighted by atomic mass is 10.3. The molecule has 0 radical (unpaired) electrons. The van der Waals surface area contributed by atoms with E-state index >= 15 is 0 Å². The number of nitrogens with one attached hydrogen (secondary N) is 2. The number of para-hydroxylation sites is 2. The highest BCUT2D eigenvalue weighted by Gasteiger charge is 2.09. The third-order valence-corrected chi connectivity index (χ3v) is 4.38. The zero-order chi connectivity index (χ0) is 16.4. The topological polar surface area (TPSA) is 75.1 Å². The molecule has 118 valence electrons. The molecule has 0 fully saturated rings. The number of aromatic amines is 1. The Morgan fingerprint density at radius 3 is 3.21 bits per heavy atom. The van der Waals surface area contributed by atoms with Crippen molar-refractivity contribution in [3.8, 4) is 11.8 Å². The van der Waals surface area contributed by atoms with E-state index in [9.17, 15) is 4.79 Å². The summed E-state index contributed by atoms with van der Waals surface area (Å²) in [5.74, 6) is 6.25. The van der Waals surface area contributed by atoms with Crippen molar-refractivity contribution in [3.63, 3.8) is 0 Å². The standard InChI is InChI=1S/C17H13N5OS/c23-16(15-20-13-6-1-2-7-14(13)21-15)18-8-4-3-5-12-11-19-22-9-10-24-17(12)22/h1-2,6-7,9-11H,4,8H2,(H,18,23)(H,20,21). The smallest absolute Gasteiger partial charge is 0.287 e. The fourth-order valence-electron chi connectivity index (χ4n) is 2.35. The molecule has 4 aromatic rings. The van der Waals surface area contributed by atoms with Crippen molar-refractivity contribution in [1.82, 2.24) is 24.9 Å². The van der Waals surface area contributed by atoms with Crippen LogP contribution in [-0.4, -0.2) is 32.0 Å². The van der Waals surface area contributed by atoms with Gasteiger partial charge in [-0.15, -0.1) is 11.3 Å². The number of hydrogen-bond donors (Lipinski definition) is 2. The van der Waals surface area contributed by atoms with Crippen molar-refractivity contribution < 1.29 is 4.79 Å². The number of imidazole rings is 1. The first kappa shape index (κ1) is 14.5. The van der Waals surface area contributed by atoms with Crippen LogP contribution in [0.5, 0.6) is 0 Å². The summed E-state index contributed by atoms with van der Waals surface area (Å²) in [7, 11) is 0. The maximum atomic E-state index is 12.1. The lowest BCUT2D eigenvalue weighted by Crippen LogP contribution is -2.25. The van der Waals surface area contributed by atoms with Crippen LogP contribution in [0.1, 0.15) is 22.6 Å². The summed E-state index contributed by atoms with van der Waals surface area (Å²) in [4.78, 5) is 20.4. The average molecular weight is 335 g/mol. The van der Waals surface area contributed by atoms with Gasteiger partial charge in [-0.3, -0.25) is 4.79 Å². The van der Waals surface area contributed by atoms with Crippen LogP contribution < -0.4 is 5.32 Å². The minimum absolute atomic E-state index is 0.223. The lowest BCUT2D eigenvalue weighted by molar-refractivity contribution is 0.0945.